The Hall–Kier alpha value is -0.680. The second-order valence-electron chi connectivity index (χ2n) is 5.85. The van der Waals surface area contributed by atoms with Gasteiger partial charge in [-0.15, -0.1) is 0 Å². The number of halogens is 3. The van der Waals surface area contributed by atoms with Crippen molar-refractivity contribution in [2.45, 2.75) is 50.7 Å². The van der Waals surface area contributed by atoms with Crippen LogP contribution in [-0.4, -0.2) is 17.3 Å². The molecular weight excluding hydrogens is 330 g/mol. The molecule has 2 saturated carbocycles. The molecule has 2 unspecified atom stereocenters. The Balaban J connectivity index is 1.81. The average molecular weight is 347 g/mol. The summed E-state index contributed by atoms with van der Waals surface area (Å²) in [6.45, 7) is 0. The molecule has 0 saturated heterocycles. The third-order valence-electron chi connectivity index (χ3n) is 4.76. The van der Waals surface area contributed by atoms with Crippen molar-refractivity contribution >= 4 is 15.9 Å². The van der Waals surface area contributed by atoms with Crippen molar-refractivity contribution in [2.24, 2.45) is 5.41 Å². The van der Waals surface area contributed by atoms with Gasteiger partial charge in [0.15, 0.2) is 11.6 Å². The van der Waals surface area contributed by atoms with Crippen molar-refractivity contribution in [3.05, 3.63) is 28.2 Å². The lowest BCUT2D eigenvalue weighted by atomic mass is 9.56. The number of ether oxygens (including phenoxy) is 1. The van der Waals surface area contributed by atoms with E-state index in [2.05, 4.69) is 15.9 Å². The first-order valence-electron chi connectivity index (χ1n) is 7.02. The summed E-state index contributed by atoms with van der Waals surface area (Å²) in [6, 6.07) is 2.52. The van der Waals surface area contributed by atoms with E-state index >= 15 is 0 Å². The maximum absolute atomic E-state index is 13.8. The SMILES string of the molecule is OC1CC(Oc2cc(Br)cc(F)c2F)C12CCCCC2. The minimum absolute atomic E-state index is 0.0706. The molecule has 2 fully saturated rings. The van der Waals surface area contributed by atoms with Crippen LogP contribution in [-0.2, 0) is 0 Å². The second-order valence-corrected chi connectivity index (χ2v) is 6.77. The summed E-state index contributed by atoms with van der Waals surface area (Å²) in [5, 5.41) is 10.1. The maximum atomic E-state index is 13.8. The zero-order valence-corrected chi connectivity index (χ0v) is 12.6. The van der Waals surface area contributed by atoms with Crippen molar-refractivity contribution < 1.29 is 18.6 Å². The van der Waals surface area contributed by atoms with E-state index < -0.39 is 11.6 Å². The fraction of sp³-hybridized carbons (Fsp3) is 0.600. The Morgan fingerprint density at radius 2 is 1.90 bits per heavy atom. The monoisotopic (exact) mass is 346 g/mol. The van der Waals surface area contributed by atoms with Crippen LogP contribution in [0.4, 0.5) is 8.78 Å². The fourth-order valence-electron chi connectivity index (χ4n) is 3.53. The lowest BCUT2D eigenvalue weighted by molar-refractivity contribution is -0.172. The summed E-state index contributed by atoms with van der Waals surface area (Å²) < 4.78 is 33.3. The molecule has 1 N–H and O–H groups in total. The van der Waals surface area contributed by atoms with E-state index in [0.29, 0.717) is 10.9 Å². The van der Waals surface area contributed by atoms with E-state index in [9.17, 15) is 13.9 Å². The molecule has 0 heterocycles. The molecule has 0 radical (unpaired) electrons. The van der Waals surface area contributed by atoms with Crippen molar-refractivity contribution in [1.29, 1.82) is 0 Å². The average Bonchev–Trinajstić information content (AvgIpc) is 2.44. The van der Waals surface area contributed by atoms with Crippen LogP contribution in [0.2, 0.25) is 0 Å². The number of rotatable bonds is 2. The van der Waals surface area contributed by atoms with Crippen LogP contribution in [0.15, 0.2) is 16.6 Å². The minimum atomic E-state index is -0.958. The molecule has 0 aliphatic heterocycles. The fourth-order valence-corrected chi connectivity index (χ4v) is 3.94. The van der Waals surface area contributed by atoms with Crippen LogP contribution in [0.1, 0.15) is 38.5 Å². The molecule has 110 valence electrons. The highest BCUT2D eigenvalue weighted by Crippen LogP contribution is 2.53. The number of hydrogen-bond acceptors (Lipinski definition) is 2. The van der Waals surface area contributed by atoms with Crippen molar-refractivity contribution in [1.82, 2.24) is 0 Å². The predicted octanol–water partition coefficient (Wildman–Crippen LogP) is 4.19. The van der Waals surface area contributed by atoms with Gasteiger partial charge in [0.2, 0.25) is 5.82 Å². The van der Waals surface area contributed by atoms with Gasteiger partial charge in [0, 0.05) is 16.3 Å². The van der Waals surface area contributed by atoms with E-state index in [1.165, 1.54) is 12.5 Å². The summed E-state index contributed by atoms with van der Waals surface area (Å²) in [5.41, 5.74) is -0.260. The zero-order valence-electron chi connectivity index (χ0n) is 11.0. The van der Waals surface area contributed by atoms with Gasteiger partial charge in [0.05, 0.1) is 6.10 Å². The van der Waals surface area contributed by atoms with Gasteiger partial charge in [0.25, 0.3) is 0 Å². The standard InChI is InChI=1S/C15H17BrF2O2/c16-9-6-10(17)14(18)11(7-9)20-13-8-12(19)15(13)4-2-1-3-5-15/h6-7,12-13,19H,1-5,8H2. The van der Waals surface area contributed by atoms with E-state index in [1.807, 2.05) is 0 Å². The number of aliphatic hydroxyl groups excluding tert-OH is 1. The third-order valence-corrected chi connectivity index (χ3v) is 5.21. The number of hydrogen-bond donors (Lipinski definition) is 1. The molecule has 5 heteroatoms. The van der Waals surface area contributed by atoms with Crippen LogP contribution < -0.4 is 4.74 Å². The Labute approximate surface area is 125 Å². The zero-order chi connectivity index (χ0) is 14.3. The highest BCUT2D eigenvalue weighted by atomic mass is 79.9. The van der Waals surface area contributed by atoms with Gasteiger partial charge in [-0.2, -0.15) is 4.39 Å². The topological polar surface area (TPSA) is 29.5 Å². The van der Waals surface area contributed by atoms with Gasteiger partial charge >= 0.3 is 0 Å². The highest BCUT2D eigenvalue weighted by Gasteiger charge is 2.56. The van der Waals surface area contributed by atoms with Gasteiger partial charge in [0.1, 0.15) is 6.10 Å². The molecule has 20 heavy (non-hydrogen) atoms. The van der Waals surface area contributed by atoms with Gasteiger partial charge in [-0.1, -0.05) is 35.2 Å². The summed E-state index contributed by atoms with van der Waals surface area (Å²) in [5.74, 6) is -1.95. The first-order chi connectivity index (χ1) is 9.53. The first kappa shape index (κ1) is 14.3. The largest absolute Gasteiger partial charge is 0.486 e. The quantitative estimate of drug-likeness (QED) is 0.813. The van der Waals surface area contributed by atoms with E-state index in [4.69, 9.17) is 4.74 Å². The molecule has 1 aromatic carbocycles. The van der Waals surface area contributed by atoms with Crippen molar-refractivity contribution in [3.63, 3.8) is 0 Å². The van der Waals surface area contributed by atoms with Crippen LogP contribution in [0.25, 0.3) is 0 Å². The Morgan fingerprint density at radius 1 is 1.20 bits per heavy atom. The molecule has 2 aliphatic rings. The van der Waals surface area contributed by atoms with Gasteiger partial charge < -0.3 is 9.84 Å². The second kappa shape index (κ2) is 5.26. The normalized spacial score (nSPS) is 28.2. The molecular formula is C15H17BrF2O2. The molecule has 0 bridgehead atoms. The lowest BCUT2D eigenvalue weighted by Gasteiger charge is -2.55. The van der Waals surface area contributed by atoms with Crippen LogP contribution in [0.5, 0.6) is 5.75 Å². The first-order valence-corrected chi connectivity index (χ1v) is 7.81. The molecule has 1 spiro atoms. The Bertz CT molecular complexity index is 515. The predicted molar refractivity (Wildman–Crippen MR) is 74.6 cm³/mol. The van der Waals surface area contributed by atoms with Gasteiger partial charge in [-0.25, -0.2) is 4.39 Å². The lowest BCUT2D eigenvalue weighted by Crippen LogP contribution is -2.60. The van der Waals surface area contributed by atoms with E-state index in [0.717, 1.165) is 31.7 Å². The summed E-state index contributed by atoms with van der Waals surface area (Å²) in [6.07, 6.45) is 4.98. The third kappa shape index (κ3) is 2.25. The van der Waals surface area contributed by atoms with E-state index in [-0.39, 0.29) is 23.4 Å². The highest BCUT2D eigenvalue weighted by molar-refractivity contribution is 9.10. The van der Waals surface area contributed by atoms with E-state index in [1.54, 1.807) is 0 Å². The number of benzene rings is 1. The van der Waals surface area contributed by atoms with Crippen LogP contribution in [0, 0.1) is 17.0 Å². The smallest absolute Gasteiger partial charge is 0.200 e. The maximum Gasteiger partial charge on any atom is 0.200 e. The molecule has 2 atom stereocenters. The van der Waals surface area contributed by atoms with Gasteiger partial charge in [-0.3, -0.25) is 0 Å². The Kier molecular flexibility index (Phi) is 3.75. The molecule has 3 rings (SSSR count). The van der Waals surface area contributed by atoms with Crippen LogP contribution in [0.3, 0.4) is 0 Å². The molecule has 0 amide bonds. The van der Waals surface area contributed by atoms with Gasteiger partial charge in [-0.05, 0) is 25.0 Å². The summed E-state index contributed by atoms with van der Waals surface area (Å²) >= 11 is 3.14. The van der Waals surface area contributed by atoms with Crippen molar-refractivity contribution in [2.75, 3.05) is 0 Å². The van der Waals surface area contributed by atoms with Crippen molar-refractivity contribution in [3.8, 4) is 5.75 Å². The summed E-state index contributed by atoms with van der Waals surface area (Å²) in [4.78, 5) is 0. The Morgan fingerprint density at radius 3 is 2.55 bits per heavy atom. The molecule has 2 nitrogen and oxygen atoms in total. The summed E-state index contributed by atoms with van der Waals surface area (Å²) in [7, 11) is 0. The minimum Gasteiger partial charge on any atom is -0.486 e. The molecule has 1 aromatic rings. The molecule has 0 aromatic heterocycles. The van der Waals surface area contributed by atoms with Crippen LogP contribution >= 0.6 is 15.9 Å². The number of aliphatic hydroxyl groups is 1. The molecule has 2 aliphatic carbocycles.